The highest BCUT2D eigenvalue weighted by atomic mass is 16.4. The van der Waals surface area contributed by atoms with E-state index in [-0.39, 0.29) is 5.92 Å². The lowest BCUT2D eigenvalue weighted by Gasteiger charge is -2.12. The van der Waals surface area contributed by atoms with E-state index in [0.29, 0.717) is 17.3 Å². The van der Waals surface area contributed by atoms with Gasteiger partial charge in [0.1, 0.15) is 11.4 Å². The van der Waals surface area contributed by atoms with Crippen molar-refractivity contribution < 1.29 is 0 Å². The van der Waals surface area contributed by atoms with Gasteiger partial charge in [-0.15, -0.1) is 0 Å². The first-order valence-electron chi connectivity index (χ1n) is 5.36. The molecular weight excluding hydrogens is 202 g/mol. The molecule has 1 aromatic heterocycles. The summed E-state index contributed by atoms with van der Waals surface area (Å²) in [5.41, 5.74) is 8.23. The van der Waals surface area contributed by atoms with Gasteiger partial charge in [-0.1, -0.05) is 27.7 Å². The summed E-state index contributed by atoms with van der Waals surface area (Å²) in [6.45, 7) is 8.18. The number of rotatable bonds is 2. The van der Waals surface area contributed by atoms with Crippen LogP contribution < -0.4 is 5.73 Å². The first kappa shape index (κ1) is 12.3. The van der Waals surface area contributed by atoms with Gasteiger partial charge in [-0.3, -0.25) is 0 Å². The van der Waals surface area contributed by atoms with Gasteiger partial charge in [0, 0.05) is 10.7 Å². The minimum atomic E-state index is 0.257. The minimum Gasteiger partial charge on any atom is -0.498 e. The fourth-order valence-corrected chi connectivity index (χ4v) is 1.53. The Labute approximate surface area is 95.9 Å². The highest BCUT2D eigenvalue weighted by Crippen LogP contribution is 2.26. The Kier molecular flexibility index (Phi) is 3.73. The van der Waals surface area contributed by atoms with Gasteiger partial charge < -0.3 is 10.9 Å². The third-order valence-electron chi connectivity index (χ3n) is 2.47. The summed E-state index contributed by atoms with van der Waals surface area (Å²) in [5.74, 6) is 0.889. The highest BCUT2D eigenvalue weighted by Gasteiger charge is 2.16. The van der Waals surface area contributed by atoms with E-state index >= 15 is 0 Å². The van der Waals surface area contributed by atoms with Gasteiger partial charge >= 0.3 is 6.07 Å². The molecule has 1 rings (SSSR count). The molecule has 0 saturated carbocycles. The average Bonchev–Trinajstić information content (AvgIpc) is 2.20. The summed E-state index contributed by atoms with van der Waals surface area (Å²) in [5, 5.41) is 12.9. The van der Waals surface area contributed by atoms with E-state index in [9.17, 15) is 5.21 Å². The molecule has 0 aliphatic rings. The van der Waals surface area contributed by atoms with Crippen LogP contribution in [0.15, 0.2) is 6.07 Å². The molecule has 86 valence electrons. The molecular formula is C12H17N3O. The molecule has 4 nitrogen and oxygen atoms in total. The zero-order chi connectivity index (χ0) is 12.3. The summed E-state index contributed by atoms with van der Waals surface area (Å²) in [4.78, 5) is 4.25. The van der Waals surface area contributed by atoms with Crippen molar-refractivity contribution in [3.8, 4) is 6.07 Å². The average molecular weight is 219 g/mol. The van der Waals surface area contributed by atoms with Crippen LogP contribution in [0.5, 0.6) is 0 Å². The van der Waals surface area contributed by atoms with Crippen molar-refractivity contribution in [2.45, 2.75) is 39.5 Å². The molecule has 0 aliphatic heterocycles. The Morgan fingerprint density at radius 1 is 1.31 bits per heavy atom. The van der Waals surface area contributed by atoms with E-state index < -0.39 is 0 Å². The molecule has 0 radical (unpaired) electrons. The van der Waals surface area contributed by atoms with Gasteiger partial charge in [0.2, 0.25) is 0 Å². The van der Waals surface area contributed by atoms with E-state index in [2.05, 4.69) is 29.9 Å². The molecule has 1 aromatic rings. The molecule has 0 saturated heterocycles. The smallest absolute Gasteiger partial charge is 0.340 e. The molecule has 0 aromatic carbocycles. The first-order chi connectivity index (χ1) is 7.47. The number of pyridine rings is 1. The number of nitrogens with two attached hydrogens (primary N) is 1. The van der Waals surface area contributed by atoms with Crippen molar-refractivity contribution >= 4 is 5.82 Å². The summed E-state index contributed by atoms with van der Waals surface area (Å²) >= 11 is 0. The van der Waals surface area contributed by atoms with Gasteiger partial charge in [-0.2, -0.15) is 0 Å². The lowest BCUT2D eigenvalue weighted by Crippen LogP contribution is -2.05. The second-order valence-corrected chi connectivity index (χ2v) is 4.41. The van der Waals surface area contributed by atoms with Crippen LogP contribution in [0.4, 0.5) is 5.82 Å². The van der Waals surface area contributed by atoms with Crippen molar-refractivity contribution in [3.63, 3.8) is 0 Å². The van der Waals surface area contributed by atoms with Crippen molar-refractivity contribution in [1.82, 2.24) is 4.98 Å². The lowest BCUT2D eigenvalue weighted by molar-refractivity contribution is 0.800. The second kappa shape index (κ2) is 4.84. The molecule has 2 N–H and O–H groups in total. The Hall–Kier alpha value is -1.76. The van der Waals surface area contributed by atoms with Crippen LogP contribution in [0.1, 0.15) is 56.4 Å². The monoisotopic (exact) mass is 219 g/mol. The molecule has 0 unspecified atom stereocenters. The summed E-state index contributed by atoms with van der Waals surface area (Å²) in [6, 6.07) is 4.35. The van der Waals surface area contributed by atoms with E-state index in [1.165, 1.54) is 0 Å². The number of hydrogen-bond acceptors (Lipinski definition) is 3. The van der Waals surface area contributed by atoms with Crippen molar-refractivity contribution in [2.24, 2.45) is 0 Å². The molecule has 16 heavy (non-hydrogen) atoms. The topological polar surface area (TPSA) is 66.3 Å². The third kappa shape index (κ3) is 2.43. The fourth-order valence-electron chi connectivity index (χ4n) is 1.53. The van der Waals surface area contributed by atoms with Crippen molar-refractivity contribution in [2.75, 3.05) is 5.73 Å². The Bertz CT molecular complexity index is 442. The maximum Gasteiger partial charge on any atom is 0.340 e. The Morgan fingerprint density at radius 3 is 2.38 bits per heavy atom. The Morgan fingerprint density at radius 2 is 1.94 bits per heavy atom. The number of anilines is 1. The normalized spacial score (nSPS) is 10.4. The largest absolute Gasteiger partial charge is 0.498 e. The van der Waals surface area contributed by atoms with Crippen molar-refractivity contribution in [1.29, 1.82) is 0 Å². The predicted molar refractivity (Wildman–Crippen MR) is 66.5 cm³/mol. The number of nitrogen functional groups attached to an aromatic ring is 1. The summed E-state index contributed by atoms with van der Waals surface area (Å²) in [6.07, 6.45) is 0. The minimum absolute atomic E-state index is 0.257. The van der Waals surface area contributed by atoms with E-state index in [0.717, 1.165) is 11.3 Å². The van der Waals surface area contributed by atoms with Crippen LogP contribution in [0.3, 0.4) is 0 Å². The quantitative estimate of drug-likeness (QED) is 0.777. The predicted octanol–water partition coefficient (Wildman–Crippen LogP) is 3.09. The SMILES string of the molecule is CC(C)c1cc(C(C)C)c(C#[N+][O-])c(N)n1. The standard InChI is InChI=1S/C12H17N3O/c1-7(2)9-5-11(8(3)4)15-12(13)10(9)6-14-16/h5,7-8H,1-4H3,(H2,13,15). The lowest BCUT2D eigenvalue weighted by atomic mass is 9.95. The van der Waals surface area contributed by atoms with Gasteiger partial charge in [0.25, 0.3) is 0 Å². The van der Waals surface area contributed by atoms with Crippen LogP contribution >= 0.6 is 0 Å². The maximum absolute atomic E-state index is 10.3. The number of hydrogen-bond donors (Lipinski definition) is 1. The molecule has 0 fully saturated rings. The fraction of sp³-hybridized carbons (Fsp3) is 0.500. The maximum atomic E-state index is 10.3. The molecule has 0 aliphatic carbocycles. The first-order valence-corrected chi connectivity index (χ1v) is 5.36. The second-order valence-electron chi connectivity index (χ2n) is 4.41. The van der Waals surface area contributed by atoms with Crippen LogP contribution in [0, 0.1) is 11.3 Å². The van der Waals surface area contributed by atoms with Crippen LogP contribution in [-0.4, -0.2) is 4.98 Å². The zero-order valence-electron chi connectivity index (χ0n) is 10.1. The number of aromatic nitrogens is 1. The van der Waals surface area contributed by atoms with E-state index in [4.69, 9.17) is 5.73 Å². The zero-order valence-corrected chi connectivity index (χ0v) is 10.1. The third-order valence-corrected chi connectivity index (χ3v) is 2.47. The van der Waals surface area contributed by atoms with Crippen LogP contribution in [-0.2, 0) is 0 Å². The summed E-state index contributed by atoms with van der Waals surface area (Å²) in [7, 11) is 0. The van der Waals surface area contributed by atoms with Gasteiger partial charge in [-0.25, -0.2) is 4.98 Å². The van der Waals surface area contributed by atoms with E-state index in [1.807, 2.05) is 19.9 Å². The molecule has 4 heteroatoms. The van der Waals surface area contributed by atoms with Gasteiger partial charge in [-0.05, 0) is 23.5 Å². The van der Waals surface area contributed by atoms with E-state index in [1.54, 1.807) is 0 Å². The highest BCUT2D eigenvalue weighted by molar-refractivity contribution is 5.56. The molecule has 0 atom stereocenters. The number of nitrogens with zero attached hydrogens (tertiary/aromatic N) is 2. The molecule has 0 spiro atoms. The van der Waals surface area contributed by atoms with Gasteiger partial charge in [0.05, 0.1) is 0 Å². The summed E-state index contributed by atoms with van der Waals surface area (Å²) < 4.78 is 0. The molecule has 0 amide bonds. The Balaban J connectivity index is 3.43. The van der Waals surface area contributed by atoms with Gasteiger partial charge in [0.15, 0.2) is 0 Å². The van der Waals surface area contributed by atoms with Crippen LogP contribution in [0.2, 0.25) is 0 Å². The van der Waals surface area contributed by atoms with Crippen LogP contribution in [0.25, 0.3) is 5.01 Å². The molecule has 0 bridgehead atoms. The molecule has 1 heterocycles. The van der Waals surface area contributed by atoms with Crippen molar-refractivity contribution in [3.05, 3.63) is 33.1 Å².